The first-order valence-corrected chi connectivity index (χ1v) is 13.8. The zero-order chi connectivity index (χ0) is 26.6. The number of rotatable bonds is 8. The number of hydrogen-bond donors (Lipinski definition) is 0. The quantitative estimate of drug-likeness (QED) is 0.305. The smallest absolute Gasteiger partial charge is 0.338 e. The Morgan fingerprint density at radius 2 is 1.92 bits per heavy atom. The highest BCUT2D eigenvalue weighted by atomic mass is 32.1. The summed E-state index contributed by atoms with van der Waals surface area (Å²) in [7, 11) is 1.59. The van der Waals surface area contributed by atoms with Crippen molar-refractivity contribution < 1.29 is 19.0 Å². The van der Waals surface area contributed by atoms with Crippen LogP contribution in [0.3, 0.4) is 0 Å². The van der Waals surface area contributed by atoms with E-state index in [-0.39, 0.29) is 12.2 Å². The Hall–Kier alpha value is -3.95. The van der Waals surface area contributed by atoms with Crippen molar-refractivity contribution in [3.05, 3.63) is 113 Å². The number of methoxy groups -OCH3 is 1. The predicted molar refractivity (Wildman–Crippen MR) is 148 cm³/mol. The normalized spacial score (nSPS) is 15.1. The van der Waals surface area contributed by atoms with Gasteiger partial charge in [-0.1, -0.05) is 53.8 Å². The maximum atomic E-state index is 13.7. The van der Waals surface area contributed by atoms with E-state index in [1.165, 1.54) is 22.7 Å². The molecule has 0 radical (unpaired) electrons. The highest BCUT2D eigenvalue weighted by Crippen LogP contribution is 2.33. The molecular weight excluding hydrogens is 520 g/mol. The molecule has 0 saturated heterocycles. The molecule has 7 nitrogen and oxygen atoms in total. The lowest BCUT2D eigenvalue weighted by molar-refractivity contribution is -0.139. The molecule has 194 valence electrons. The van der Waals surface area contributed by atoms with Gasteiger partial charge < -0.3 is 14.2 Å². The molecule has 0 amide bonds. The summed E-state index contributed by atoms with van der Waals surface area (Å²) in [6, 6.07) is 18.7. The van der Waals surface area contributed by atoms with E-state index in [0.717, 1.165) is 16.0 Å². The van der Waals surface area contributed by atoms with E-state index in [1.807, 2.05) is 72.1 Å². The van der Waals surface area contributed by atoms with E-state index in [2.05, 4.69) is 4.99 Å². The summed E-state index contributed by atoms with van der Waals surface area (Å²) < 4.78 is 19.0. The van der Waals surface area contributed by atoms with Crippen molar-refractivity contribution in [3.63, 3.8) is 0 Å². The molecular formula is C29H26N2O5S2. The van der Waals surface area contributed by atoms with Crippen LogP contribution in [-0.2, 0) is 16.1 Å². The zero-order valence-electron chi connectivity index (χ0n) is 21.2. The Balaban J connectivity index is 1.53. The summed E-state index contributed by atoms with van der Waals surface area (Å²) in [6.07, 6.45) is 1.81. The largest absolute Gasteiger partial charge is 0.493 e. The highest BCUT2D eigenvalue weighted by molar-refractivity contribution is 7.10. The van der Waals surface area contributed by atoms with Gasteiger partial charge in [0, 0.05) is 4.88 Å². The number of ether oxygens (including phenoxy) is 3. The van der Waals surface area contributed by atoms with Crippen LogP contribution in [0.25, 0.3) is 6.08 Å². The third kappa shape index (κ3) is 5.07. The molecule has 4 aromatic rings. The second kappa shape index (κ2) is 11.2. The lowest BCUT2D eigenvalue weighted by Gasteiger charge is -2.23. The van der Waals surface area contributed by atoms with Gasteiger partial charge in [0.2, 0.25) is 0 Å². The molecule has 2 aromatic heterocycles. The van der Waals surface area contributed by atoms with Gasteiger partial charge in [-0.3, -0.25) is 9.36 Å². The number of carbonyl (C=O) groups is 1. The molecule has 38 heavy (non-hydrogen) atoms. The van der Waals surface area contributed by atoms with Crippen LogP contribution in [0.2, 0.25) is 0 Å². The maximum absolute atomic E-state index is 13.7. The summed E-state index contributed by atoms with van der Waals surface area (Å²) in [4.78, 5) is 32.6. The first kappa shape index (κ1) is 25.7. The molecule has 0 N–H and O–H groups in total. The van der Waals surface area contributed by atoms with Crippen LogP contribution in [0, 0.1) is 0 Å². The Kier molecular flexibility index (Phi) is 7.57. The molecule has 0 spiro atoms. The molecule has 2 aromatic carbocycles. The van der Waals surface area contributed by atoms with Crippen molar-refractivity contribution >= 4 is 34.7 Å². The number of benzene rings is 2. The van der Waals surface area contributed by atoms with Crippen LogP contribution in [0.15, 0.2) is 87.1 Å². The Labute approximate surface area is 227 Å². The number of esters is 1. The van der Waals surface area contributed by atoms with Crippen LogP contribution in [0.4, 0.5) is 0 Å². The first-order valence-electron chi connectivity index (χ1n) is 12.1. The minimum absolute atomic E-state index is 0.218. The lowest BCUT2D eigenvalue weighted by Crippen LogP contribution is -2.39. The fraction of sp³-hybridized carbons (Fsp3) is 0.207. The third-order valence-corrected chi connectivity index (χ3v) is 7.96. The molecule has 9 heteroatoms. The highest BCUT2D eigenvalue weighted by Gasteiger charge is 2.33. The van der Waals surface area contributed by atoms with Gasteiger partial charge in [0.15, 0.2) is 16.3 Å². The summed E-state index contributed by atoms with van der Waals surface area (Å²) in [5.74, 6) is 0.721. The molecule has 5 rings (SSSR count). The predicted octanol–water partition coefficient (Wildman–Crippen LogP) is 4.45. The first-order chi connectivity index (χ1) is 18.5. The molecule has 1 atom stereocenters. The van der Waals surface area contributed by atoms with E-state index < -0.39 is 12.0 Å². The van der Waals surface area contributed by atoms with Crippen LogP contribution in [0.1, 0.15) is 35.9 Å². The van der Waals surface area contributed by atoms with Gasteiger partial charge in [-0.05, 0) is 54.6 Å². The minimum atomic E-state index is -0.587. The molecule has 1 aliphatic heterocycles. The summed E-state index contributed by atoms with van der Waals surface area (Å²) in [5, 5.41) is 1.93. The van der Waals surface area contributed by atoms with Gasteiger partial charge in [0.05, 0.1) is 29.5 Å². The standard InChI is InChI=1S/C29H26N2O5S2/c1-4-35-28(33)25-18(2)30-29-31(26(25)23-11-8-14-37-23)27(32)24(38-29)16-20-12-13-21(22(15-20)34-3)36-17-19-9-6-5-7-10-19/h5-16,26H,4,17H2,1-3H3/b24-16-. The molecule has 0 fully saturated rings. The maximum Gasteiger partial charge on any atom is 0.338 e. The van der Waals surface area contributed by atoms with Crippen molar-refractivity contribution in [2.24, 2.45) is 4.99 Å². The number of aromatic nitrogens is 1. The van der Waals surface area contributed by atoms with Crippen LogP contribution in [0.5, 0.6) is 11.5 Å². The van der Waals surface area contributed by atoms with Gasteiger partial charge in [0.25, 0.3) is 5.56 Å². The second-order valence-corrected chi connectivity index (χ2v) is 10.5. The molecule has 3 heterocycles. The van der Waals surface area contributed by atoms with Crippen LogP contribution < -0.4 is 24.4 Å². The van der Waals surface area contributed by atoms with E-state index >= 15 is 0 Å². The van der Waals surface area contributed by atoms with Crippen molar-refractivity contribution in [1.82, 2.24) is 4.57 Å². The van der Waals surface area contributed by atoms with Crippen molar-refractivity contribution in [3.8, 4) is 11.5 Å². The number of allylic oxidation sites excluding steroid dienone is 1. The van der Waals surface area contributed by atoms with E-state index in [4.69, 9.17) is 14.2 Å². The molecule has 0 bridgehead atoms. The van der Waals surface area contributed by atoms with E-state index in [1.54, 1.807) is 25.5 Å². The lowest BCUT2D eigenvalue weighted by atomic mass is 10.0. The number of hydrogen-bond acceptors (Lipinski definition) is 8. The van der Waals surface area contributed by atoms with Crippen LogP contribution >= 0.6 is 22.7 Å². The van der Waals surface area contributed by atoms with Crippen LogP contribution in [-0.4, -0.2) is 24.3 Å². The van der Waals surface area contributed by atoms with Gasteiger partial charge >= 0.3 is 5.97 Å². The summed E-state index contributed by atoms with van der Waals surface area (Å²) >= 11 is 2.77. The molecule has 0 saturated carbocycles. The Morgan fingerprint density at radius 3 is 2.63 bits per heavy atom. The van der Waals surface area contributed by atoms with Crippen molar-refractivity contribution in [1.29, 1.82) is 0 Å². The average Bonchev–Trinajstić information content (AvgIpc) is 3.56. The number of carbonyl (C=O) groups excluding carboxylic acids is 1. The SMILES string of the molecule is CCOC(=O)C1=C(C)N=c2s/c(=C\c3ccc(OCc4ccccc4)c(OC)c3)c(=O)n2C1c1cccs1. The number of fused-ring (bicyclic) bond motifs is 1. The third-order valence-electron chi connectivity index (χ3n) is 6.05. The Bertz CT molecular complexity index is 1670. The Morgan fingerprint density at radius 1 is 1.11 bits per heavy atom. The van der Waals surface area contributed by atoms with Gasteiger partial charge in [-0.25, -0.2) is 9.79 Å². The zero-order valence-corrected chi connectivity index (χ0v) is 22.8. The van der Waals surface area contributed by atoms with Crippen molar-refractivity contribution in [2.45, 2.75) is 26.5 Å². The fourth-order valence-electron chi connectivity index (χ4n) is 4.29. The second-order valence-electron chi connectivity index (χ2n) is 8.50. The summed E-state index contributed by atoms with van der Waals surface area (Å²) in [6.45, 7) is 4.20. The van der Waals surface area contributed by atoms with Gasteiger partial charge in [0.1, 0.15) is 12.6 Å². The monoisotopic (exact) mass is 546 g/mol. The average molecular weight is 547 g/mol. The van der Waals surface area contributed by atoms with Crippen molar-refractivity contribution in [2.75, 3.05) is 13.7 Å². The van der Waals surface area contributed by atoms with Gasteiger partial charge in [-0.15, -0.1) is 11.3 Å². The van der Waals surface area contributed by atoms with Gasteiger partial charge in [-0.2, -0.15) is 0 Å². The molecule has 1 aliphatic rings. The number of thiophene rings is 1. The topological polar surface area (TPSA) is 79.1 Å². The minimum Gasteiger partial charge on any atom is -0.493 e. The molecule has 0 aliphatic carbocycles. The fourth-order valence-corrected chi connectivity index (χ4v) is 6.16. The number of thiazole rings is 1. The molecule has 1 unspecified atom stereocenters. The van der Waals surface area contributed by atoms with E-state index in [9.17, 15) is 9.59 Å². The van der Waals surface area contributed by atoms with E-state index in [0.29, 0.717) is 38.7 Å². The summed E-state index contributed by atoms with van der Waals surface area (Å²) in [5.41, 5.74) is 2.56. The number of nitrogens with zero attached hydrogens (tertiary/aromatic N) is 2.